The van der Waals surface area contributed by atoms with Crippen molar-refractivity contribution in [2.24, 2.45) is 0 Å². The van der Waals surface area contributed by atoms with Gasteiger partial charge in [-0.15, -0.1) is 0 Å². The Hall–Kier alpha value is -3.07. The number of anilines is 2. The van der Waals surface area contributed by atoms with Gasteiger partial charge in [0.1, 0.15) is 5.75 Å². The third kappa shape index (κ3) is 4.89. The van der Waals surface area contributed by atoms with Crippen LogP contribution in [0, 0.1) is 6.92 Å². The summed E-state index contributed by atoms with van der Waals surface area (Å²) < 4.78 is 32.9. The Bertz CT molecular complexity index is 1290. The molecule has 178 valence electrons. The van der Waals surface area contributed by atoms with E-state index >= 15 is 0 Å². The number of piperazine rings is 1. The van der Waals surface area contributed by atoms with E-state index in [1.165, 1.54) is 11.4 Å². The Kier molecular flexibility index (Phi) is 7.11. The van der Waals surface area contributed by atoms with E-state index in [9.17, 15) is 13.2 Å². The average Bonchev–Trinajstić information content (AvgIpc) is 2.84. The van der Waals surface area contributed by atoms with Gasteiger partial charge < -0.3 is 15.0 Å². The number of sulfonamides is 1. The summed E-state index contributed by atoms with van der Waals surface area (Å²) in [5.41, 5.74) is 2.63. The summed E-state index contributed by atoms with van der Waals surface area (Å²) in [5, 5.41) is 3.41. The standard InChI is InChI=1S/C25H26ClN3O4S/c1-18-10-12-19(13-11-18)34(31,32)29-16-14-28(15-17-29)24-21(26)7-5-8-22(24)27-25(30)20-6-3-4-9-23(20)33-2/h3-13H,14-17H2,1-2H3,(H,27,30). The third-order valence-electron chi connectivity index (χ3n) is 5.80. The first-order chi connectivity index (χ1) is 16.3. The normalized spacial score (nSPS) is 14.6. The molecule has 4 rings (SSSR count). The zero-order chi connectivity index (χ0) is 24.3. The van der Waals surface area contributed by atoms with Gasteiger partial charge in [0.25, 0.3) is 5.91 Å². The van der Waals surface area contributed by atoms with E-state index in [0.717, 1.165) is 5.56 Å². The SMILES string of the molecule is COc1ccccc1C(=O)Nc1cccc(Cl)c1N1CCN(S(=O)(=O)c2ccc(C)cc2)CC1. The fourth-order valence-corrected chi connectivity index (χ4v) is 5.69. The number of halogens is 1. The average molecular weight is 500 g/mol. The molecule has 1 amide bonds. The smallest absolute Gasteiger partial charge is 0.259 e. The number of nitrogens with one attached hydrogen (secondary N) is 1. The van der Waals surface area contributed by atoms with Gasteiger partial charge in [0.15, 0.2) is 0 Å². The summed E-state index contributed by atoms with van der Waals surface area (Å²) in [6.07, 6.45) is 0. The monoisotopic (exact) mass is 499 g/mol. The number of amides is 1. The topological polar surface area (TPSA) is 79.0 Å². The molecule has 0 aliphatic carbocycles. The Morgan fingerprint density at radius 3 is 2.29 bits per heavy atom. The van der Waals surface area contributed by atoms with Gasteiger partial charge in [0.05, 0.1) is 34.0 Å². The highest BCUT2D eigenvalue weighted by Gasteiger charge is 2.30. The van der Waals surface area contributed by atoms with Crippen LogP contribution >= 0.6 is 11.6 Å². The minimum Gasteiger partial charge on any atom is -0.496 e. The molecule has 7 nitrogen and oxygen atoms in total. The highest BCUT2D eigenvalue weighted by Crippen LogP contribution is 2.35. The zero-order valence-corrected chi connectivity index (χ0v) is 20.6. The van der Waals surface area contributed by atoms with Crippen LogP contribution in [0.5, 0.6) is 5.75 Å². The van der Waals surface area contributed by atoms with Crippen LogP contribution in [0.1, 0.15) is 15.9 Å². The summed E-state index contributed by atoms with van der Waals surface area (Å²) in [6.45, 7) is 3.41. The maximum atomic E-state index is 13.1. The summed E-state index contributed by atoms with van der Waals surface area (Å²) in [5.74, 6) is 0.153. The Balaban J connectivity index is 1.53. The molecular weight excluding hydrogens is 474 g/mol. The van der Waals surface area contributed by atoms with E-state index in [0.29, 0.717) is 53.9 Å². The first-order valence-corrected chi connectivity index (χ1v) is 12.7. The lowest BCUT2D eigenvalue weighted by molar-refractivity contribution is 0.102. The number of carbonyl (C=O) groups is 1. The molecule has 0 aromatic heterocycles. The molecule has 1 aliphatic heterocycles. The fourth-order valence-electron chi connectivity index (χ4n) is 3.97. The molecular formula is C25H26ClN3O4S. The molecule has 1 aliphatic rings. The molecule has 9 heteroatoms. The molecule has 0 saturated carbocycles. The molecule has 1 fully saturated rings. The Labute approximate surface area is 205 Å². The fraction of sp³-hybridized carbons (Fsp3) is 0.240. The molecule has 1 saturated heterocycles. The number of rotatable bonds is 6. The first-order valence-electron chi connectivity index (χ1n) is 10.9. The molecule has 1 N–H and O–H groups in total. The second-order valence-corrected chi connectivity index (χ2v) is 10.3. The Morgan fingerprint density at radius 2 is 1.62 bits per heavy atom. The minimum atomic E-state index is -3.58. The van der Waals surface area contributed by atoms with Gasteiger partial charge in [-0.1, -0.05) is 47.5 Å². The van der Waals surface area contributed by atoms with Crippen molar-refractivity contribution >= 4 is 38.9 Å². The van der Waals surface area contributed by atoms with Crippen LogP contribution in [-0.2, 0) is 10.0 Å². The maximum Gasteiger partial charge on any atom is 0.259 e. The summed E-state index contributed by atoms with van der Waals surface area (Å²) >= 11 is 6.54. The number of nitrogens with zero attached hydrogens (tertiary/aromatic N) is 2. The number of para-hydroxylation sites is 2. The van der Waals surface area contributed by atoms with Gasteiger partial charge in [-0.05, 0) is 43.3 Å². The number of ether oxygens (including phenoxy) is 1. The van der Waals surface area contributed by atoms with Crippen LogP contribution in [0.3, 0.4) is 0 Å². The molecule has 0 spiro atoms. The van der Waals surface area contributed by atoms with Crippen LogP contribution < -0.4 is 15.0 Å². The number of carbonyl (C=O) groups excluding carboxylic acids is 1. The summed E-state index contributed by atoms with van der Waals surface area (Å²) in [4.78, 5) is 15.3. The van der Waals surface area contributed by atoms with Crippen LogP contribution in [-0.4, -0.2) is 51.9 Å². The van der Waals surface area contributed by atoms with E-state index in [2.05, 4.69) is 5.32 Å². The largest absolute Gasteiger partial charge is 0.496 e. The third-order valence-corrected chi connectivity index (χ3v) is 8.02. The predicted octanol–water partition coefficient (Wildman–Crippen LogP) is 4.42. The van der Waals surface area contributed by atoms with Crippen molar-refractivity contribution in [3.05, 3.63) is 82.9 Å². The number of benzene rings is 3. The van der Waals surface area contributed by atoms with E-state index in [-0.39, 0.29) is 10.8 Å². The first kappa shape index (κ1) is 24.1. The second-order valence-electron chi connectivity index (χ2n) is 7.99. The van der Waals surface area contributed by atoms with E-state index < -0.39 is 10.0 Å². The lowest BCUT2D eigenvalue weighted by Crippen LogP contribution is -2.49. The second kappa shape index (κ2) is 10.0. The highest BCUT2D eigenvalue weighted by molar-refractivity contribution is 7.89. The molecule has 1 heterocycles. The van der Waals surface area contributed by atoms with Crippen molar-refractivity contribution in [1.29, 1.82) is 0 Å². The lowest BCUT2D eigenvalue weighted by Gasteiger charge is -2.36. The molecule has 3 aromatic carbocycles. The molecule has 0 atom stereocenters. The van der Waals surface area contributed by atoms with Crippen molar-refractivity contribution in [1.82, 2.24) is 4.31 Å². The van der Waals surface area contributed by atoms with Gasteiger partial charge in [-0.2, -0.15) is 4.31 Å². The molecule has 3 aromatic rings. The van der Waals surface area contributed by atoms with Crippen LogP contribution in [0.25, 0.3) is 0 Å². The van der Waals surface area contributed by atoms with Crippen molar-refractivity contribution in [2.75, 3.05) is 43.5 Å². The highest BCUT2D eigenvalue weighted by atomic mass is 35.5. The van der Waals surface area contributed by atoms with Crippen LogP contribution in [0.2, 0.25) is 5.02 Å². The van der Waals surface area contributed by atoms with Gasteiger partial charge in [0, 0.05) is 26.2 Å². The Morgan fingerprint density at radius 1 is 0.941 bits per heavy atom. The minimum absolute atomic E-state index is 0.286. The van der Waals surface area contributed by atoms with Gasteiger partial charge in [-0.3, -0.25) is 4.79 Å². The molecule has 0 unspecified atom stereocenters. The molecule has 0 bridgehead atoms. The van der Waals surface area contributed by atoms with Crippen molar-refractivity contribution in [3.8, 4) is 5.75 Å². The van der Waals surface area contributed by atoms with Crippen molar-refractivity contribution in [2.45, 2.75) is 11.8 Å². The van der Waals surface area contributed by atoms with Crippen molar-refractivity contribution < 1.29 is 17.9 Å². The quantitative estimate of drug-likeness (QED) is 0.543. The zero-order valence-electron chi connectivity index (χ0n) is 19.0. The van der Waals surface area contributed by atoms with Crippen LogP contribution in [0.4, 0.5) is 11.4 Å². The molecule has 34 heavy (non-hydrogen) atoms. The predicted molar refractivity (Wildman–Crippen MR) is 135 cm³/mol. The lowest BCUT2D eigenvalue weighted by atomic mass is 10.1. The maximum absolute atomic E-state index is 13.1. The number of methoxy groups -OCH3 is 1. The summed E-state index contributed by atoms with van der Waals surface area (Å²) in [7, 11) is -2.06. The number of aryl methyl sites for hydroxylation is 1. The molecule has 0 radical (unpaired) electrons. The van der Waals surface area contributed by atoms with Gasteiger partial charge in [0.2, 0.25) is 10.0 Å². The summed E-state index contributed by atoms with van der Waals surface area (Å²) in [6, 6.07) is 19.1. The van der Waals surface area contributed by atoms with E-state index in [4.69, 9.17) is 16.3 Å². The van der Waals surface area contributed by atoms with Crippen molar-refractivity contribution in [3.63, 3.8) is 0 Å². The van der Waals surface area contributed by atoms with E-state index in [1.807, 2.05) is 11.8 Å². The van der Waals surface area contributed by atoms with Gasteiger partial charge in [-0.25, -0.2) is 8.42 Å². The van der Waals surface area contributed by atoms with Gasteiger partial charge >= 0.3 is 0 Å². The number of hydrogen-bond acceptors (Lipinski definition) is 5. The van der Waals surface area contributed by atoms with E-state index in [1.54, 1.807) is 66.7 Å². The van der Waals surface area contributed by atoms with Crippen LogP contribution in [0.15, 0.2) is 71.6 Å². The number of hydrogen-bond donors (Lipinski definition) is 1.